The molecule has 0 fully saturated rings. The first-order valence-corrected chi connectivity index (χ1v) is 14.9. The van der Waals surface area contributed by atoms with Gasteiger partial charge in [-0.25, -0.2) is 0 Å². The van der Waals surface area contributed by atoms with Crippen molar-refractivity contribution in [2.45, 2.75) is 169 Å². The van der Waals surface area contributed by atoms with E-state index in [1.807, 2.05) is 0 Å². The van der Waals surface area contributed by atoms with Crippen LogP contribution in [0.1, 0.15) is 163 Å². The van der Waals surface area contributed by atoms with Gasteiger partial charge in [0.05, 0.1) is 6.04 Å². The Morgan fingerprint density at radius 3 is 1.50 bits per heavy atom. The lowest BCUT2D eigenvalue weighted by Gasteiger charge is -2.17. The van der Waals surface area contributed by atoms with E-state index in [0.717, 1.165) is 25.7 Å². The molecule has 0 aliphatic heterocycles. The van der Waals surface area contributed by atoms with Crippen molar-refractivity contribution in [1.82, 2.24) is 5.32 Å². The Morgan fingerprint density at radius 2 is 1.06 bits per heavy atom. The lowest BCUT2D eigenvalue weighted by atomic mass is 10.00. The Morgan fingerprint density at radius 1 is 0.639 bits per heavy atom. The molecule has 0 heterocycles. The molecule has 0 rings (SSSR count). The lowest BCUT2D eigenvalue weighted by Crippen LogP contribution is -2.40. The van der Waals surface area contributed by atoms with Crippen LogP contribution in [-0.4, -0.2) is 30.2 Å². The first-order chi connectivity index (χ1) is 17.0. The number of nitrogens with two attached hydrogens (primary N) is 2. The Balaban J connectivity index is 0. The first-order valence-electron chi connectivity index (χ1n) is 14.9. The Hall–Kier alpha value is -1.59. The highest BCUT2D eigenvalue weighted by molar-refractivity contribution is 5.89. The van der Waals surface area contributed by atoms with Crippen molar-refractivity contribution in [3.8, 4) is 0 Å². The van der Waals surface area contributed by atoms with Crippen LogP contribution in [-0.2, 0) is 9.59 Å². The fraction of sp³-hybridized carbons (Fsp3) is 0.900. The highest BCUT2D eigenvalue weighted by atomic mass is 16.2. The fourth-order valence-electron chi connectivity index (χ4n) is 4.46. The second kappa shape index (κ2) is 28.0. The number of ketones is 1. The number of carbonyl (C=O) groups excluding carboxylic acids is 2. The maximum absolute atomic E-state index is 12.8. The minimum absolute atomic E-state index is 0. The largest absolute Gasteiger partial charge is 0.370 e. The van der Waals surface area contributed by atoms with E-state index in [0.29, 0.717) is 32.2 Å². The minimum Gasteiger partial charge on any atom is -0.370 e. The number of hydrogen-bond donors (Lipinski definition) is 3. The van der Waals surface area contributed by atoms with E-state index < -0.39 is 6.04 Å². The molecule has 36 heavy (non-hydrogen) atoms. The molecule has 0 aromatic rings. The van der Waals surface area contributed by atoms with Gasteiger partial charge in [-0.1, -0.05) is 124 Å². The third-order valence-corrected chi connectivity index (χ3v) is 6.70. The molecule has 0 aromatic heterocycles. The van der Waals surface area contributed by atoms with Crippen molar-refractivity contribution < 1.29 is 9.59 Å². The summed E-state index contributed by atoms with van der Waals surface area (Å²) in [6.45, 7) is 4.97. The summed E-state index contributed by atoms with van der Waals surface area (Å²) in [5, 5.41) is 3.01. The third-order valence-electron chi connectivity index (χ3n) is 6.70. The van der Waals surface area contributed by atoms with Crippen molar-refractivity contribution in [2.24, 2.45) is 16.5 Å². The van der Waals surface area contributed by atoms with E-state index in [1.165, 1.54) is 89.9 Å². The Bertz CT molecular complexity index is 533. The van der Waals surface area contributed by atoms with E-state index in [1.54, 1.807) is 0 Å². The summed E-state index contributed by atoms with van der Waals surface area (Å²) >= 11 is 0. The van der Waals surface area contributed by atoms with E-state index in [2.05, 4.69) is 24.2 Å². The van der Waals surface area contributed by atoms with Gasteiger partial charge in [-0.2, -0.15) is 0 Å². The number of carbonyl (C=O) groups is 2. The second-order valence-electron chi connectivity index (χ2n) is 10.2. The predicted molar refractivity (Wildman–Crippen MR) is 157 cm³/mol. The number of nitrogens with one attached hydrogen (secondary N) is 1. The molecule has 6 nitrogen and oxygen atoms in total. The second-order valence-corrected chi connectivity index (χ2v) is 10.2. The zero-order chi connectivity index (χ0) is 26.0. The average molecular weight is 511 g/mol. The van der Waals surface area contributed by atoms with Gasteiger partial charge in [0.1, 0.15) is 0 Å². The van der Waals surface area contributed by atoms with Gasteiger partial charge in [0.2, 0.25) is 5.91 Å². The van der Waals surface area contributed by atoms with Crippen LogP contribution < -0.4 is 16.8 Å². The third kappa shape index (κ3) is 25.5. The number of hydrogen-bond acceptors (Lipinski definition) is 3. The summed E-state index contributed by atoms with van der Waals surface area (Å²) < 4.78 is 0. The number of rotatable bonds is 26. The molecule has 0 saturated carbocycles. The maximum atomic E-state index is 12.8. The van der Waals surface area contributed by atoms with Crippen LogP contribution in [0.25, 0.3) is 0 Å². The van der Waals surface area contributed by atoms with Crippen molar-refractivity contribution >= 4 is 17.6 Å². The molecule has 0 saturated heterocycles. The highest BCUT2D eigenvalue weighted by Gasteiger charge is 2.19. The average Bonchev–Trinajstić information content (AvgIpc) is 2.83. The molecular formula is C30H62N4O2. The zero-order valence-corrected chi connectivity index (χ0v) is 23.3. The van der Waals surface area contributed by atoms with E-state index in [9.17, 15) is 9.59 Å². The van der Waals surface area contributed by atoms with Crippen molar-refractivity contribution in [2.75, 3.05) is 6.54 Å². The molecule has 0 spiro atoms. The molecular weight excluding hydrogens is 448 g/mol. The summed E-state index contributed by atoms with van der Waals surface area (Å²) in [7, 11) is 0. The monoisotopic (exact) mass is 510 g/mol. The SMILES string of the molecule is C.CCCCCCCCCCCC(=O)NC(CCCN=C(N)N)C(=O)CCCCCCCCCCC. The number of aliphatic imine (C=N–C) groups is 1. The summed E-state index contributed by atoms with van der Waals surface area (Å²) in [4.78, 5) is 29.3. The molecule has 0 aromatic carbocycles. The Labute approximate surface area is 224 Å². The number of guanidine groups is 1. The molecule has 214 valence electrons. The van der Waals surface area contributed by atoms with Crippen molar-refractivity contribution in [3.63, 3.8) is 0 Å². The van der Waals surface area contributed by atoms with Crippen molar-refractivity contribution in [3.05, 3.63) is 0 Å². The normalized spacial score (nSPS) is 11.5. The van der Waals surface area contributed by atoms with Crippen LogP contribution in [0.3, 0.4) is 0 Å². The molecule has 1 amide bonds. The quantitative estimate of drug-likeness (QED) is 0.0632. The molecule has 1 unspecified atom stereocenters. The molecule has 0 radical (unpaired) electrons. The van der Waals surface area contributed by atoms with Crippen LogP contribution in [0.5, 0.6) is 0 Å². The van der Waals surface area contributed by atoms with Gasteiger partial charge in [0.25, 0.3) is 0 Å². The first kappa shape index (κ1) is 36.6. The van der Waals surface area contributed by atoms with E-state index in [4.69, 9.17) is 11.5 Å². The highest BCUT2D eigenvalue weighted by Crippen LogP contribution is 2.13. The summed E-state index contributed by atoms with van der Waals surface area (Å²) in [6, 6.07) is -0.413. The van der Waals surface area contributed by atoms with Crippen LogP contribution in [0, 0.1) is 0 Å². The summed E-state index contributed by atoms with van der Waals surface area (Å²) in [6.07, 6.45) is 24.4. The number of unbranched alkanes of at least 4 members (excludes halogenated alkanes) is 16. The van der Waals surface area contributed by atoms with Crippen LogP contribution >= 0.6 is 0 Å². The summed E-state index contributed by atoms with van der Waals surface area (Å²) in [5.41, 5.74) is 10.8. The zero-order valence-electron chi connectivity index (χ0n) is 23.3. The smallest absolute Gasteiger partial charge is 0.220 e. The standard InChI is InChI=1S/C29H58N4O2.CH4/c1-3-5-7-9-11-13-15-17-19-23-27(34)26(22-21-25-32-29(30)31)33-28(35)24-20-18-16-14-12-10-8-6-4-2;/h26H,3-25H2,1-2H3,(H,33,35)(H4,30,31,32);1H4. The maximum Gasteiger partial charge on any atom is 0.220 e. The van der Waals surface area contributed by atoms with Gasteiger partial charge >= 0.3 is 0 Å². The lowest BCUT2D eigenvalue weighted by molar-refractivity contribution is -0.128. The Kier molecular flexibility index (Phi) is 28.4. The van der Waals surface area contributed by atoms with Gasteiger partial charge < -0.3 is 16.8 Å². The number of Topliss-reactive ketones (excluding diaryl/α,β-unsaturated/α-hetero) is 1. The van der Waals surface area contributed by atoms with Gasteiger partial charge in [-0.3, -0.25) is 14.6 Å². The van der Waals surface area contributed by atoms with Gasteiger partial charge in [0, 0.05) is 19.4 Å². The van der Waals surface area contributed by atoms with Gasteiger partial charge in [0.15, 0.2) is 11.7 Å². The summed E-state index contributed by atoms with van der Waals surface area (Å²) in [5.74, 6) is 0.218. The van der Waals surface area contributed by atoms with E-state index in [-0.39, 0.29) is 25.1 Å². The molecule has 0 bridgehead atoms. The molecule has 0 aliphatic carbocycles. The minimum atomic E-state index is -0.413. The number of nitrogens with zero attached hydrogens (tertiary/aromatic N) is 1. The van der Waals surface area contributed by atoms with Crippen LogP contribution in [0.15, 0.2) is 4.99 Å². The van der Waals surface area contributed by atoms with Crippen LogP contribution in [0.4, 0.5) is 0 Å². The van der Waals surface area contributed by atoms with Crippen molar-refractivity contribution in [1.29, 1.82) is 0 Å². The molecule has 1 atom stereocenters. The van der Waals surface area contributed by atoms with Gasteiger partial charge in [-0.05, 0) is 25.7 Å². The van der Waals surface area contributed by atoms with E-state index >= 15 is 0 Å². The van der Waals surface area contributed by atoms with Crippen LogP contribution in [0.2, 0.25) is 0 Å². The predicted octanol–water partition coefficient (Wildman–Crippen LogP) is 7.57. The topological polar surface area (TPSA) is 111 Å². The molecule has 6 heteroatoms. The fourth-order valence-corrected chi connectivity index (χ4v) is 4.46. The molecule has 5 N–H and O–H groups in total. The number of amides is 1. The molecule has 0 aliphatic rings. The van der Waals surface area contributed by atoms with Gasteiger partial charge in [-0.15, -0.1) is 0 Å².